The normalized spacial score (nSPS) is 16.3. The molecular weight excluding hydrogens is 659 g/mol. The van der Waals surface area contributed by atoms with E-state index < -0.39 is 47.4 Å². The van der Waals surface area contributed by atoms with E-state index in [9.17, 15) is 14.0 Å². The third-order valence-corrected chi connectivity index (χ3v) is 9.03. The van der Waals surface area contributed by atoms with Crippen molar-refractivity contribution in [2.45, 2.75) is 78.4 Å². The van der Waals surface area contributed by atoms with Crippen LogP contribution in [0.1, 0.15) is 70.0 Å². The zero-order valence-electron chi connectivity index (χ0n) is 29.5. The van der Waals surface area contributed by atoms with Crippen molar-refractivity contribution in [1.82, 2.24) is 25.0 Å². The van der Waals surface area contributed by atoms with Gasteiger partial charge in [0.15, 0.2) is 11.6 Å². The van der Waals surface area contributed by atoms with Crippen molar-refractivity contribution in [2.24, 2.45) is 11.3 Å². The standard InChI is InChI=1S/C39H46F3N5O4/c1-5-28(32(42)22-43-38(49)51-25-27-15-10-7-11-16-27)24-46(37(48)33-17-12-20-50-33)34(39(2,3)4)36-44-35(30-21-29(40)18-19-31(30)41)45-47(36)23-26-13-8-6-9-14-26/h6-11,13-16,18-19,21,28,32-34H,5,12,17,20,22-25H2,1-4H3,(H,43,49)/t28-,32-,33?,34-/m0/s1. The molecule has 0 spiro atoms. The predicted molar refractivity (Wildman–Crippen MR) is 187 cm³/mol. The summed E-state index contributed by atoms with van der Waals surface area (Å²) in [7, 11) is 0. The van der Waals surface area contributed by atoms with Crippen LogP contribution in [0.2, 0.25) is 0 Å². The van der Waals surface area contributed by atoms with Gasteiger partial charge in [-0.2, -0.15) is 5.10 Å². The molecule has 4 atom stereocenters. The molecule has 0 bridgehead atoms. The highest BCUT2D eigenvalue weighted by molar-refractivity contribution is 5.81. The van der Waals surface area contributed by atoms with Crippen LogP contribution >= 0.6 is 0 Å². The zero-order chi connectivity index (χ0) is 36.5. The number of carbonyl (C=O) groups is 2. The van der Waals surface area contributed by atoms with Gasteiger partial charge in [-0.3, -0.25) is 4.79 Å². The topological polar surface area (TPSA) is 98.6 Å². The Kier molecular flexibility index (Phi) is 12.5. The summed E-state index contributed by atoms with van der Waals surface area (Å²) in [5.74, 6) is -2.05. The first kappa shape index (κ1) is 37.5. The first-order valence-corrected chi connectivity index (χ1v) is 17.4. The molecule has 0 aliphatic carbocycles. The van der Waals surface area contributed by atoms with Crippen molar-refractivity contribution < 1.29 is 32.2 Å². The lowest BCUT2D eigenvalue weighted by atomic mass is 9.83. The fourth-order valence-corrected chi connectivity index (χ4v) is 6.36. The molecule has 1 unspecified atom stereocenters. The van der Waals surface area contributed by atoms with Crippen LogP contribution in [0, 0.1) is 23.0 Å². The minimum atomic E-state index is -1.53. The van der Waals surface area contributed by atoms with E-state index in [4.69, 9.17) is 14.5 Å². The molecule has 5 rings (SSSR count). The van der Waals surface area contributed by atoms with Crippen LogP contribution in [0.15, 0.2) is 78.9 Å². The molecule has 12 heteroatoms. The van der Waals surface area contributed by atoms with Crippen molar-refractivity contribution >= 4 is 12.0 Å². The number of rotatable bonds is 14. The van der Waals surface area contributed by atoms with Crippen LogP contribution in [0.5, 0.6) is 0 Å². The van der Waals surface area contributed by atoms with Crippen molar-refractivity contribution in [3.05, 3.63) is 107 Å². The highest BCUT2D eigenvalue weighted by Crippen LogP contribution is 2.40. The number of hydrogen-bond acceptors (Lipinski definition) is 6. The van der Waals surface area contributed by atoms with Gasteiger partial charge in [0, 0.05) is 19.1 Å². The zero-order valence-corrected chi connectivity index (χ0v) is 29.5. The summed E-state index contributed by atoms with van der Waals surface area (Å²) in [5.41, 5.74) is 0.862. The molecule has 2 heterocycles. The van der Waals surface area contributed by atoms with Crippen LogP contribution in [0.3, 0.4) is 0 Å². The number of carbonyl (C=O) groups excluding carboxylic acids is 2. The smallest absolute Gasteiger partial charge is 0.407 e. The van der Waals surface area contributed by atoms with Gasteiger partial charge in [-0.05, 0) is 54.0 Å². The Hall–Kier alpha value is -4.71. The second kappa shape index (κ2) is 17.0. The average Bonchev–Trinajstić information content (AvgIpc) is 3.80. The molecule has 9 nitrogen and oxygen atoms in total. The van der Waals surface area contributed by atoms with Crippen LogP contribution in [-0.4, -0.2) is 63.6 Å². The van der Waals surface area contributed by atoms with Gasteiger partial charge < -0.3 is 19.7 Å². The van der Waals surface area contributed by atoms with E-state index in [-0.39, 0.29) is 43.5 Å². The van der Waals surface area contributed by atoms with Gasteiger partial charge >= 0.3 is 6.09 Å². The molecule has 1 N–H and O–H groups in total. The lowest BCUT2D eigenvalue weighted by Gasteiger charge is -2.42. The molecule has 1 aliphatic rings. The SMILES string of the molecule is CC[C@@H](CN(C(=O)C1CCCO1)[C@@H](c1nc(-c2cc(F)ccc2F)nn1Cc1ccccc1)C(C)(C)C)[C@@H](F)CNC(=O)OCc1ccccc1. The van der Waals surface area contributed by atoms with Crippen molar-refractivity contribution in [3.8, 4) is 11.4 Å². The van der Waals surface area contributed by atoms with E-state index in [1.165, 1.54) is 0 Å². The number of alkyl carbamates (subject to hydrolysis) is 1. The Morgan fingerprint density at radius 2 is 1.73 bits per heavy atom. The number of hydrogen-bond donors (Lipinski definition) is 1. The highest BCUT2D eigenvalue weighted by Gasteiger charge is 2.43. The van der Waals surface area contributed by atoms with Crippen LogP contribution in [-0.2, 0) is 27.4 Å². The molecular formula is C39H46F3N5O4. The Morgan fingerprint density at radius 3 is 2.35 bits per heavy atom. The quantitative estimate of drug-likeness (QED) is 0.145. The second-order valence-corrected chi connectivity index (χ2v) is 13.9. The van der Waals surface area contributed by atoms with E-state index in [1.807, 2.05) is 88.4 Å². The van der Waals surface area contributed by atoms with Gasteiger partial charge in [-0.25, -0.2) is 27.6 Å². The van der Waals surface area contributed by atoms with Gasteiger partial charge in [-0.15, -0.1) is 0 Å². The first-order valence-electron chi connectivity index (χ1n) is 17.4. The molecule has 4 aromatic rings. The van der Waals surface area contributed by atoms with Gasteiger partial charge in [0.25, 0.3) is 5.91 Å². The second-order valence-electron chi connectivity index (χ2n) is 13.9. The molecule has 51 heavy (non-hydrogen) atoms. The van der Waals surface area contributed by atoms with Gasteiger partial charge in [0.05, 0.1) is 24.7 Å². The van der Waals surface area contributed by atoms with E-state index in [0.717, 1.165) is 29.3 Å². The summed E-state index contributed by atoms with van der Waals surface area (Å²) in [6.45, 7) is 8.00. The lowest BCUT2D eigenvalue weighted by Crippen LogP contribution is -2.50. The summed E-state index contributed by atoms with van der Waals surface area (Å²) in [5, 5.41) is 7.20. The Bertz CT molecular complexity index is 1740. The molecule has 3 aromatic carbocycles. The fourth-order valence-electron chi connectivity index (χ4n) is 6.36. The molecule has 272 valence electrons. The minimum Gasteiger partial charge on any atom is -0.445 e. The van der Waals surface area contributed by atoms with Gasteiger partial charge in [0.1, 0.15) is 30.5 Å². The molecule has 0 saturated carbocycles. The van der Waals surface area contributed by atoms with E-state index in [0.29, 0.717) is 31.7 Å². The van der Waals surface area contributed by atoms with Gasteiger partial charge in [0.2, 0.25) is 0 Å². The number of benzene rings is 3. The molecule has 1 aromatic heterocycles. The number of amides is 2. The number of alkyl halides is 1. The van der Waals surface area contributed by atoms with E-state index in [1.54, 1.807) is 9.58 Å². The van der Waals surface area contributed by atoms with Gasteiger partial charge in [-0.1, -0.05) is 88.4 Å². The molecule has 1 aliphatic heterocycles. The molecule has 1 fully saturated rings. The number of nitrogens with one attached hydrogen (secondary N) is 1. The van der Waals surface area contributed by atoms with Crippen molar-refractivity contribution in [1.29, 1.82) is 0 Å². The number of aromatic nitrogens is 3. The third-order valence-electron chi connectivity index (χ3n) is 9.03. The Labute approximate surface area is 297 Å². The summed E-state index contributed by atoms with van der Waals surface area (Å²) in [6.07, 6.45) is -1.45. The van der Waals surface area contributed by atoms with Crippen molar-refractivity contribution in [3.63, 3.8) is 0 Å². The number of halogens is 3. The largest absolute Gasteiger partial charge is 0.445 e. The summed E-state index contributed by atoms with van der Waals surface area (Å²) >= 11 is 0. The summed E-state index contributed by atoms with van der Waals surface area (Å²) in [6, 6.07) is 20.9. The highest BCUT2D eigenvalue weighted by atomic mass is 19.1. The maximum absolute atomic E-state index is 16.1. The van der Waals surface area contributed by atoms with E-state index >= 15 is 8.78 Å². The van der Waals surface area contributed by atoms with Crippen molar-refractivity contribution in [2.75, 3.05) is 19.7 Å². The minimum absolute atomic E-state index is 0.0269. The lowest BCUT2D eigenvalue weighted by molar-refractivity contribution is -0.148. The number of ether oxygens (including phenoxy) is 2. The first-order chi connectivity index (χ1) is 24.4. The van der Waals surface area contributed by atoms with Crippen LogP contribution < -0.4 is 5.32 Å². The molecule has 2 amide bonds. The van der Waals surface area contributed by atoms with Crippen LogP contribution in [0.25, 0.3) is 11.4 Å². The Balaban J connectivity index is 1.48. The Morgan fingerprint density at radius 1 is 1.04 bits per heavy atom. The number of nitrogens with zero attached hydrogens (tertiary/aromatic N) is 4. The monoisotopic (exact) mass is 705 g/mol. The third kappa shape index (κ3) is 9.75. The van der Waals surface area contributed by atoms with E-state index in [2.05, 4.69) is 10.4 Å². The average molecular weight is 706 g/mol. The predicted octanol–water partition coefficient (Wildman–Crippen LogP) is 7.66. The summed E-state index contributed by atoms with van der Waals surface area (Å²) in [4.78, 5) is 33.3. The maximum atomic E-state index is 16.1. The maximum Gasteiger partial charge on any atom is 0.407 e. The van der Waals surface area contributed by atoms with Crippen LogP contribution in [0.4, 0.5) is 18.0 Å². The summed E-state index contributed by atoms with van der Waals surface area (Å²) < 4.78 is 58.3. The fraction of sp³-hybridized carbons (Fsp3) is 0.436. The molecule has 0 radical (unpaired) electrons. The molecule has 1 saturated heterocycles.